The number of amides is 1. The van der Waals surface area contributed by atoms with Gasteiger partial charge in [-0.15, -0.1) is 0 Å². The Bertz CT molecular complexity index is 343. The van der Waals surface area contributed by atoms with E-state index < -0.39 is 11.8 Å². The number of ether oxygens (including phenoxy) is 1. The van der Waals surface area contributed by atoms with E-state index in [1.807, 2.05) is 6.07 Å². The van der Waals surface area contributed by atoms with E-state index in [2.05, 4.69) is 5.32 Å². The highest BCUT2D eigenvalue weighted by atomic mass is 16.5. The standard InChI is InChI=1S/C14H22N2O3/c1-19-9-5-8-16-14(18)12(10-15)13(17)11-6-3-2-4-7-11/h11-12H,2-9H2,1H3,(H,16,18)/t12-/m1/s1. The van der Waals surface area contributed by atoms with Crippen LogP contribution < -0.4 is 5.32 Å². The van der Waals surface area contributed by atoms with Crippen molar-refractivity contribution in [3.05, 3.63) is 0 Å². The van der Waals surface area contributed by atoms with Crippen molar-refractivity contribution in [2.75, 3.05) is 20.3 Å². The normalized spacial score (nSPS) is 17.5. The van der Waals surface area contributed by atoms with Crippen LogP contribution in [0.5, 0.6) is 0 Å². The van der Waals surface area contributed by atoms with E-state index in [9.17, 15) is 9.59 Å². The maximum Gasteiger partial charge on any atom is 0.245 e. The molecule has 1 aliphatic carbocycles. The third kappa shape index (κ3) is 4.99. The van der Waals surface area contributed by atoms with Crippen molar-refractivity contribution in [3.63, 3.8) is 0 Å². The van der Waals surface area contributed by atoms with Gasteiger partial charge in [-0.1, -0.05) is 19.3 Å². The lowest BCUT2D eigenvalue weighted by Gasteiger charge is -2.22. The minimum Gasteiger partial charge on any atom is -0.385 e. The minimum absolute atomic E-state index is 0.108. The summed E-state index contributed by atoms with van der Waals surface area (Å²) in [5, 5.41) is 11.7. The van der Waals surface area contributed by atoms with Gasteiger partial charge in [0.25, 0.3) is 0 Å². The van der Waals surface area contributed by atoms with E-state index in [1.54, 1.807) is 7.11 Å². The van der Waals surface area contributed by atoms with Crippen LogP contribution >= 0.6 is 0 Å². The summed E-state index contributed by atoms with van der Waals surface area (Å²) in [7, 11) is 1.59. The van der Waals surface area contributed by atoms with Crippen molar-refractivity contribution in [2.45, 2.75) is 38.5 Å². The summed E-state index contributed by atoms with van der Waals surface area (Å²) < 4.78 is 4.87. The minimum atomic E-state index is -1.15. The van der Waals surface area contributed by atoms with Crippen LogP contribution in [0.15, 0.2) is 0 Å². The Hall–Kier alpha value is -1.41. The van der Waals surface area contributed by atoms with Gasteiger partial charge in [0.2, 0.25) is 5.91 Å². The van der Waals surface area contributed by atoms with E-state index in [-0.39, 0.29) is 11.7 Å². The van der Waals surface area contributed by atoms with Gasteiger partial charge >= 0.3 is 0 Å². The van der Waals surface area contributed by atoms with Gasteiger partial charge in [0, 0.05) is 26.2 Å². The van der Waals surface area contributed by atoms with Crippen LogP contribution in [0.25, 0.3) is 0 Å². The number of rotatable bonds is 7. The molecule has 0 aromatic carbocycles. The van der Waals surface area contributed by atoms with Gasteiger partial charge in [-0.3, -0.25) is 9.59 Å². The van der Waals surface area contributed by atoms with Crippen LogP contribution in [0.2, 0.25) is 0 Å². The molecule has 0 aliphatic heterocycles. The molecule has 0 heterocycles. The third-order valence-corrected chi connectivity index (χ3v) is 3.51. The molecule has 106 valence electrons. The van der Waals surface area contributed by atoms with Crippen LogP contribution in [0.4, 0.5) is 0 Å². The lowest BCUT2D eigenvalue weighted by atomic mass is 9.82. The zero-order valence-corrected chi connectivity index (χ0v) is 11.5. The predicted molar refractivity (Wildman–Crippen MR) is 70.2 cm³/mol. The molecule has 1 saturated carbocycles. The molecule has 0 aromatic heterocycles. The van der Waals surface area contributed by atoms with E-state index in [4.69, 9.17) is 10.00 Å². The van der Waals surface area contributed by atoms with Gasteiger partial charge in [-0.05, 0) is 19.3 Å². The number of nitriles is 1. The smallest absolute Gasteiger partial charge is 0.245 e. The molecule has 5 heteroatoms. The first kappa shape index (κ1) is 15.6. The van der Waals surface area contributed by atoms with Gasteiger partial charge in [-0.2, -0.15) is 5.26 Å². The van der Waals surface area contributed by atoms with Crippen LogP contribution in [0.1, 0.15) is 38.5 Å². The second-order valence-electron chi connectivity index (χ2n) is 4.94. The topological polar surface area (TPSA) is 79.2 Å². The summed E-state index contributed by atoms with van der Waals surface area (Å²) in [4.78, 5) is 24.0. The molecule has 0 unspecified atom stereocenters. The molecule has 0 bridgehead atoms. The molecule has 1 rings (SSSR count). The molecule has 1 N–H and O–H groups in total. The Kier molecular flexibility index (Phi) is 7.12. The van der Waals surface area contributed by atoms with Crippen LogP contribution in [0, 0.1) is 23.2 Å². The summed E-state index contributed by atoms with van der Waals surface area (Å²) in [6, 6.07) is 1.85. The first-order valence-corrected chi connectivity index (χ1v) is 6.90. The lowest BCUT2D eigenvalue weighted by molar-refractivity contribution is -0.134. The average Bonchev–Trinajstić information content (AvgIpc) is 2.45. The zero-order valence-electron chi connectivity index (χ0n) is 11.5. The number of Topliss-reactive ketones (excluding diaryl/α,β-unsaturated/α-hetero) is 1. The van der Waals surface area contributed by atoms with Crippen molar-refractivity contribution < 1.29 is 14.3 Å². The lowest BCUT2D eigenvalue weighted by Crippen LogP contribution is -2.38. The Morgan fingerprint density at radius 2 is 2.05 bits per heavy atom. The quantitative estimate of drug-likeness (QED) is 0.558. The number of carbonyl (C=O) groups excluding carboxylic acids is 2. The van der Waals surface area contributed by atoms with Gasteiger partial charge in [-0.25, -0.2) is 0 Å². The summed E-state index contributed by atoms with van der Waals surface area (Å²) in [6.45, 7) is 0.983. The average molecular weight is 266 g/mol. The number of nitrogens with zero attached hydrogens (tertiary/aromatic N) is 1. The van der Waals surface area contributed by atoms with Gasteiger partial charge < -0.3 is 10.1 Å². The fraction of sp³-hybridized carbons (Fsp3) is 0.786. The summed E-state index contributed by atoms with van der Waals surface area (Å²) in [5.41, 5.74) is 0. The highest BCUT2D eigenvalue weighted by Crippen LogP contribution is 2.26. The van der Waals surface area contributed by atoms with Crippen LogP contribution in [-0.4, -0.2) is 32.0 Å². The van der Waals surface area contributed by atoms with Gasteiger partial charge in [0.1, 0.15) is 0 Å². The van der Waals surface area contributed by atoms with Crippen molar-refractivity contribution in [1.29, 1.82) is 5.26 Å². The Balaban J connectivity index is 2.44. The van der Waals surface area contributed by atoms with Crippen molar-refractivity contribution in [2.24, 2.45) is 11.8 Å². The highest BCUT2D eigenvalue weighted by molar-refractivity contribution is 6.04. The first-order valence-electron chi connectivity index (χ1n) is 6.90. The van der Waals surface area contributed by atoms with E-state index in [0.29, 0.717) is 19.6 Å². The Labute approximate surface area is 114 Å². The highest BCUT2D eigenvalue weighted by Gasteiger charge is 2.32. The Morgan fingerprint density at radius 1 is 1.37 bits per heavy atom. The summed E-state index contributed by atoms with van der Waals surface area (Å²) >= 11 is 0. The number of hydrogen-bond donors (Lipinski definition) is 1. The largest absolute Gasteiger partial charge is 0.385 e. The first-order chi connectivity index (χ1) is 9.20. The molecule has 1 fully saturated rings. The third-order valence-electron chi connectivity index (χ3n) is 3.51. The molecule has 1 amide bonds. The molecular weight excluding hydrogens is 244 g/mol. The SMILES string of the molecule is COCCCNC(=O)[C@H](C#N)C(=O)C1CCCCC1. The molecule has 5 nitrogen and oxygen atoms in total. The number of methoxy groups -OCH3 is 1. The van der Waals surface area contributed by atoms with Gasteiger partial charge in [0.05, 0.1) is 6.07 Å². The fourth-order valence-corrected chi connectivity index (χ4v) is 2.40. The predicted octanol–water partition coefficient (Wildman–Crippen LogP) is 1.43. The molecular formula is C14H22N2O3. The zero-order chi connectivity index (χ0) is 14.1. The molecule has 0 aromatic rings. The molecule has 19 heavy (non-hydrogen) atoms. The van der Waals surface area contributed by atoms with Gasteiger partial charge in [0.15, 0.2) is 11.7 Å². The molecule has 1 atom stereocenters. The van der Waals surface area contributed by atoms with E-state index in [1.165, 1.54) is 0 Å². The monoisotopic (exact) mass is 266 g/mol. The van der Waals surface area contributed by atoms with Crippen molar-refractivity contribution in [1.82, 2.24) is 5.32 Å². The van der Waals surface area contributed by atoms with E-state index in [0.717, 1.165) is 32.1 Å². The second kappa shape index (κ2) is 8.65. The van der Waals surface area contributed by atoms with E-state index >= 15 is 0 Å². The number of hydrogen-bond acceptors (Lipinski definition) is 4. The number of nitrogens with one attached hydrogen (secondary N) is 1. The number of carbonyl (C=O) groups is 2. The molecule has 0 spiro atoms. The van der Waals surface area contributed by atoms with Crippen LogP contribution in [-0.2, 0) is 14.3 Å². The maximum absolute atomic E-state index is 12.2. The maximum atomic E-state index is 12.2. The van der Waals surface area contributed by atoms with Crippen molar-refractivity contribution >= 4 is 11.7 Å². The number of ketones is 1. The summed E-state index contributed by atoms with van der Waals surface area (Å²) in [6.07, 6.45) is 5.48. The summed E-state index contributed by atoms with van der Waals surface area (Å²) in [5.74, 6) is -1.92. The Morgan fingerprint density at radius 3 is 2.63 bits per heavy atom. The second-order valence-corrected chi connectivity index (χ2v) is 4.94. The fourth-order valence-electron chi connectivity index (χ4n) is 2.40. The van der Waals surface area contributed by atoms with Crippen LogP contribution in [0.3, 0.4) is 0 Å². The van der Waals surface area contributed by atoms with Crippen molar-refractivity contribution in [3.8, 4) is 6.07 Å². The molecule has 1 aliphatic rings. The molecule has 0 saturated heterocycles. The molecule has 0 radical (unpaired) electrons.